The second kappa shape index (κ2) is 3.62. The molecule has 0 spiro atoms. The topological polar surface area (TPSA) is 30.0 Å². The van der Waals surface area contributed by atoms with Gasteiger partial charge in [0.1, 0.15) is 0 Å². The van der Waals surface area contributed by atoms with Crippen LogP contribution in [0.4, 0.5) is 0 Å². The van der Waals surface area contributed by atoms with Crippen LogP contribution >= 0.6 is 15.9 Å². The Morgan fingerprint density at radius 2 is 2.09 bits per heavy atom. The van der Waals surface area contributed by atoms with Gasteiger partial charge >= 0.3 is 0 Å². The molecule has 0 radical (unpaired) electrons. The number of halogens is 1. The summed E-state index contributed by atoms with van der Waals surface area (Å²) in [5, 5.41) is 0. The van der Waals surface area contributed by atoms with E-state index >= 15 is 0 Å². The monoisotopic (exact) mass is 213 g/mol. The van der Waals surface area contributed by atoms with Gasteiger partial charge in [-0.15, -0.1) is 0 Å². The first kappa shape index (κ1) is 8.40. The molecule has 0 fully saturated rings. The van der Waals surface area contributed by atoms with Gasteiger partial charge in [0.2, 0.25) is 0 Å². The van der Waals surface area contributed by atoms with E-state index in [0.29, 0.717) is 5.56 Å². The molecule has 0 bridgehead atoms. The van der Waals surface area contributed by atoms with E-state index < -0.39 is 0 Å². The minimum Gasteiger partial charge on any atom is -0.293 e. The predicted molar refractivity (Wildman–Crippen MR) is 47.0 cm³/mol. The molecule has 1 aromatic heterocycles. The number of ketones is 1. The van der Waals surface area contributed by atoms with Crippen molar-refractivity contribution in [2.45, 2.75) is 11.8 Å². The number of hydrogen-bond acceptors (Lipinski definition) is 2. The minimum atomic E-state index is -0.120. The van der Waals surface area contributed by atoms with Crippen LogP contribution in [-0.2, 0) is 0 Å². The third-order valence-corrected chi connectivity index (χ3v) is 1.74. The lowest BCUT2D eigenvalue weighted by Crippen LogP contribution is -2.09. The number of hydrogen-bond donors (Lipinski definition) is 0. The number of pyridine rings is 1. The fraction of sp³-hybridized carbons (Fsp3) is 0.250. The van der Waals surface area contributed by atoms with Gasteiger partial charge in [0.15, 0.2) is 5.78 Å². The number of aromatic nitrogens is 1. The second-order valence-electron chi connectivity index (χ2n) is 2.22. The molecule has 0 amide bonds. The Morgan fingerprint density at radius 3 is 2.55 bits per heavy atom. The zero-order valence-corrected chi connectivity index (χ0v) is 7.71. The molecule has 0 N–H and O–H groups in total. The second-order valence-corrected chi connectivity index (χ2v) is 3.59. The van der Waals surface area contributed by atoms with E-state index in [4.69, 9.17) is 0 Å². The molecule has 0 saturated heterocycles. The summed E-state index contributed by atoms with van der Waals surface area (Å²) in [6.45, 7) is 1.81. The maximum absolute atomic E-state index is 11.3. The minimum absolute atomic E-state index is 0.0902. The van der Waals surface area contributed by atoms with E-state index in [2.05, 4.69) is 20.9 Å². The highest BCUT2D eigenvalue weighted by molar-refractivity contribution is 9.10. The van der Waals surface area contributed by atoms with Crippen LogP contribution in [0.25, 0.3) is 0 Å². The average molecular weight is 214 g/mol. The third kappa shape index (κ3) is 2.12. The summed E-state index contributed by atoms with van der Waals surface area (Å²) in [5.41, 5.74) is 0.698. The number of carbonyl (C=O) groups is 1. The SMILES string of the molecule is C[C@@H](Br)C(=O)c1ccncc1. The first-order valence-electron chi connectivity index (χ1n) is 3.30. The molecule has 0 aliphatic carbocycles. The summed E-state index contributed by atoms with van der Waals surface area (Å²) in [4.78, 5) is 15.0. The standard InChI is InChI=1S/C8H8BrNO/c1-6(9)8(11)7-2-4-10-5-3-7/h2-6H,1H3/t6-/m1/s1. The van der Waals surface area contributed by atoms with Crippen molar-refractivity contribution in [3.63, 3.8) is 0 Å². The first-order chi connectivity index (χ1) is 5.22. The summed E-state index contributed by atoms with van der Waals surface area (Å²) < 4.78 is 0. The number of alkyl halides is 1. The molecule has 3 heteroatoms. The van der Waals surface area contributed by atoms with E-state index in [0.717, 1.165) is 0 Å². The summed E-state index contributed by atoms with van der Waals surface area (Å²) in [6.07, 6.45) is 3.23. The molecule has 58 valence electrons. The van der Waals surface area contributed by atoms with Crippen molar-refractivity contribution in [1.29, 1.82) is 0 Å². The molecule has 1 atom stereocenters. The van der Waals surface area contributed by atoms with Crippen molar-refractivity contribution >= 4 is 21.7 Å². The van der Waals surface area contributed by atoms with Crippen LogP contribution in [0, 0.1) is 0 Å². The van der Waals surface area contributed by atoms with E-state index in [1.165, 1.54) is 0 Å². The molecular weight excluding hydrogens is 206 g/mol. The van der Waals surface area contributed by atoms with E-state index in [1.807, 2.05) is 6.92 Å². The quantitative estimate of drug-likeness (QED) is 0.557. The van der Waals surface area contributed by atoms with Gasteiger partial charge in [0, 0.05) is 18.0 Å². The smallest absolute Gasteiger partial charge is 0.176 e. The average Bonchev–Trinajstić information content (AvgIpc) is 2.05. The van der Waals surface area contributed by atoms with Gasteiger partial charge in [-0.05, 0) is 19.1 Å². The normalized spacial score (nSPS) is 12.5. The van der Waals surface area contributed by atoms with Crippen LogP contribution in [0.3, 0.4) is 0 Å². The molecule has 0 saturated carbocycles. The molecule has 11 heavy (non-hydrogen) atoms. The van der Waals surface area contributed by atoms with Gasteiger partial charge in [-0.1, -0.05) is 15.9 Å². The van der Waals surface area contributed by atoms with E-state index in [-0.39, 0.29) is 10.6 Å². The maximum Gasteiger partial charge on any atom is 0.176 e. The molecule has 0 aliphatic heterocycles. The fourth-order valence-electron chi connectivity index (χ4n) is 0.746. The molecule has 1 aromatic rings. The fourth-order valence-corrected chi connectivity index (χ4v) is 1.01. The van der Waals surface area contributed by atoms with Crippen molar-refractivity contribution in [2.24, 2.45) is 0 Å². The van der Waals surface area contributed by atoms with E-state index in [1.54, 1.807) is 24.5 Å². The van der Waals surface area contributed by atoms with Crippen LogP contribution < -0.4 is 0 Å². The number of carbonyl (C=O) groups excluding carboxylic acids is 1. The highest BCUT2D eigenvalue weighted by atomic mass is 79.9. The van der Waals surface area contributed by atoms with Gasteiger partial charge in [-0.3, -0.25) is 9.78 Å². The third-order valence-electron chi connectivity index (χ3n) is 1.33. The highest BCUT2D eigenvalue weighted by Crippen LogP contribution is 2.07. The summed E-state index contributed by atoms with van der Waals surface area (Å²) in [6, 6.07) is 3.42. The maximum atomic E-state index is 11.3. The van der Waals surface area contributed by atoms with Crippen molar-refractivity contribution in [2.75, 3.05) is 0 Å². The lowest BCUT2D eigenvalue weighted by Gasteiger charge is -2.00. The zero-order chi connectivity index (χ0) is 8.27. The molecule has 0 aliphatic rings. The Kier molecular flexibility index (Phi) is 2.76. The Balaban J connectivity index is 2.86. The van der Waals surface area contributed by atoms with Crippen LogP contribution in [-0.4, -0.2) is 15.6 Å². The predicted octanol–water partition coefficient (Wildman–Crippen LogP) is 2.05. The Morgan fingerprint density at radius 1 is 1.55 bits per heavy atom. The summed E-state index contributed by atoms with van der Waals surface area (Å²) in [5.74, 6) is 0.0902. The van der Waals surface area contributed by atoms with Crippen molar-refractivity contribution < 1.29 is 4.79 Å². The van der Waals surface area contributed by atoms with Gasteiger partial charge in [0.05, 0.1) is 4.83 Å². The summed E-state index contributed by atoms with van der Waals surface area (Å²) in [7, 11) is 0. The first-order valence-corrected chi connectivity index (χ1v) is 4.21. The molecule has 1 rings (SSSR count). The van der Waals surface area contributed by atoms with Crippen molar-refractivity contribution in [3.05, 3.63) is 30.1 Å². The Hall–Kier alpha value is -0.700. The van der Waals surface area contributed by atoms with Gasteiger partial charge < -0.3 is 0 Å². The molecule has 0 unspecified atom stereocenters. The Labute approximate surface area is 73.8 Å². The van der Waals surface area contributed by atoms with Gasteiger partial charge in [0.25, 0.3) is 0 Å². The van der Waals surface area contributed by atoms with Crippen LogP contribution in [0.1, 0.15) is 17.3 Å². The zero-order valence-electron chi connectivity index (χ0n) is 6.12. The van der Waals surface area contributed by atoms with Gasteiger partial charge in [-0.25, -0.2) is 0 Å². The number of nitrogens with zero attached hydrogens (tertiary/aromatic N) is 1. The van der Waals surface area contributed by atoms with E-state index in [9.17, 15) is 4.79 Å². The molecule has 2 nitrogen and oxygen atoms in total. The highest BCUT2D eigenvalue weighted by Gasteiger charge is 2.10. The van der Waals surface area contributed by atoms with Crippen LogP contribution in [0.5, 0.6) is 0 Å². The lowest BCUT2D eigenvalue weighted by molar-refractivity contribution is 0.0996. The van der Waals surface area contributed by atoms with Gasteiger partial charge in [-0.2, -0.15) is 0 Å². The molecule has 0 aromatic carbocycles. The Bertz CT molecular complexity index is 246. The lowest BCUT2D eigenvalue weighted by atomic mass is 10.1. The number of rotatable bonds is 2. The molecular formula is C8H8BrNO. The molecule has 1 heterocycles. The summed E-state index contributed by atoms with van der Waals surface area (Å²) >= 11 is 3.21. The van der Waals surface area contributed by atoms with Crippen molar-refractivity contribution in [3.8, 4) is 0 Å². The largest absolute Gasteiger partial charge is 0.293 e. The van der Waals surface area contributed by atoms with Crippen LogP contribution in [0.15, 0.2) is 24.5 Å². The van der Waals surface area contributed by atoms with Crippen LogP contribution in [0.2, 0.25) is 0 Å². The number of Topliss-reactive ketones (excluding diaryl/α,β-unsaturated/α-hetero) is 1. The van der Waals surface area contributed by atoms with Crippen molar-refractivity contribution in [1.82, 2.24) is 4.98 Å².